The summed E-state index contributed by atoms with van der Waals surface area (Å²) < 4.78 is 10.7. The highest BCUT2D eigenvalue weighted by Gasteiger charge is 2.12. The van der Waals surface area contributed by atoms with E-state index in [-0.39, 0.29) is 10.8 Å². The van der Waals surface area contributed by atoms with E-state index in [9.17, 15) is 9.59 Å². The van der Waals surface area contributed by atoms with Gasteiger partial charge in [0.2, 0.25) is 0 Å². The summed E-state index contributed by atoms with van der Waals surface area (Å²) in [6.07, 6.45) is 0. The van der Waals surface area contributed by atoms with Crippen molar-refractivity contribution in [3.8, 4) is 0 Å². The van der Waals surface area contributed by atoms with E-state index in [1.54, 1.807) is 0 Å². The number of hydrogen-bond acceptors (Lipinski definition) is 5. The Bertz CT molecular complexity index is 713. The number of carboxylic acids is 1. The summed E-state index contributed by atoms with van der Waals surface area (Å²) in [5.41, 5.74) is 1.97. The number of hydrogen-bond donors (Lipinski definition) is 2. The van der Waals surface area contributed by atoms with Gasteiger partial charge < -0.3 is 19.9 Å². The maximum absolute atomic E-state index is 12.1. The van der Waals surface area contributed by atoms with E-state index in [4.69, 9.17) is 14.6 Å². The lowest BCUT2D eigenvalue weighted by atomic mass is 10.1. The molecule has 1 heterocycles. The van der Waals surface area contributed by atoms with E-state index < -0.39 is 5.97 Å². The van der Waals surface area contributed by atoms with E-state index in [0.717, 1.165) is 22.5 Å². The predicted molar refractivity (Wildman–Crippen MR) is 95.0 cm³/mol. The van der Waals surface area contributed by atoms with Crippen molar-refractivity contribution in [2.75, 3.05) is 19.8 Å². The van der Waals surface area contributed by atoms with Gasteiger partial charge in [-0.15, -0.1) is 11.3 Å². The van der Waals surface area contributed by atoms with E-state index >= 15 is 0 Å². The molecule has 0 saturated heterocycles. The van der Waals surface area contributed by atoms with Crippen molar-refractivity contribution < 1.29 is 24.2 Å². The molecule has 134 valence electrons. The summed E-state index contributed by atoms with van der Waals surface area (Å²) in [5, 5.41) is 11.7. The number of nitrogens with one attached hydrogen (secondary N) is 1. The molecular weight excluding hydrogens is 342 g/mol. The molecule has 25 heavy (non-hydrogen) atoms. The molecule has 7 heteroatoms. The molecule has 0 fully saturated rings. The molecule has 1 aromatic carbocycles. The molecule has 0 aliphatic heterocycles. The number of aromatic carboxylic acids is 1. The van der Waals surface area contributed by atoms with Crippen LogP contribution >= 0.6 is 11.3 Å². The SMILES string of the molecule is CCOCCOCc1cccc(CNC(=O)c2ccc(C(=O)O)s2)c1. The van der Waals surface area contributed by atoms with Crippen LogP contribution in [0.1, 0.15) is 37.4 Å². The summed E-state index contributed by atoms with van der Waals surface area (Å²) in [6.45, 7) is 4.59. The second kappa shape index (κ2) is 9.93. The van der Waals surface area contributed by atoms with E-state index in [2.05, 4.69) is 5.32 Å². The second-order valence-electron chi connectivity index (χ2n) is 5.22. The molecule has 2 aromatic rings. The van der Waals surface area contributed by atoms with Crippen molar-refractivity contribution in [1.29, 1.82) is 0 Å². The highest BCUT2D eigenvalue weighted by atomic mass is 32.1. The quantitative estimate of drug-likeness (QED) is 0.634. The summed E-state index contributed by atoms with van der Waals surface area (Å²) in [7, 11) is 0. The molecule has 0 atom stereocenters. The summed E-state index contributed by atoms with van der Waals surface area (Å²) >= 11 is 0.961. The first-order chi connectivity index (χ1) is 12.1. The summed E-state index contributed by atoms with van der Waals surface area (Å²) in [4.78, 5) is 23.5. The van der Waals surface area contributed by atoms with Crippen molar-refractivity contribution >= 4 is 23.2 Å². The first-order valence-electron chi connectivity index (χ1n) is 7.94. The minimum Gasteiger partial charge on any atom is -0.477 e. The molecule has 0 unspecified atom stereocenters. The fourth-order valence-corrected chi connectivity index (χ4v) is 2.89. The van der Waals surface area contributed by atoms with E-state index in [1.807, 2.05) is 31.2 Å². The number of ether oxygens (including phenoxy) is 2. The Kier molecular flexibility index (Phi) is 7.59. The number of benzene rings is 1. The zero-order valence-electron chi connectivity index (χ0n) is 14.0. The smallest absolute Gasteiger partial charge is 0.345 e. The van der Waals surface area contributed by atoms with Crippen LogP contribution in [0.15, 0.2) is 36.4 Å². The van der Waals surface area contributed by atoms with Crippen LogP contribution in [0.4, 0.5) is 0 Å². The van der Waals surface area contributed by atoms with Gasteiger partial charge in [-0.2, -0.15) is 0 Å². The van der Waals surface area contributed by atoms with Gasteiger partial charge in [-0.1, -0.05) is 24.3 Å². The predicted octanol–water partition coefficient (Wildman–Crippen LogP) is 2.93. The molecule has 2 N–H and O–H groups in total. The Balaban J connectivity index is 1.82. The minimum atomic E-state index is -1.03. The molecule has 0 bridgehead atoms. The van der Waals surface area contributed by atoms with Gasteiger partial charge in [0.1, 0.15) is 4.88 Å². The lowest BCUT2D eigenvalue weighted by molar-refractivity contribution is 0.0453. The zero-order valence-corrected chi connectivity index (χ0v) is 14.8. The third kappa shape index (κ3) is 6.30. The van der Waals surface area contributed by atoms with Gasteiger partial charge in [-0.3, -0.25) is 4.79 Å². The van der Waals surface area contributed by atoms with Crippen molar-refractivity contribution in [2.24, 2.45) is 0 Å². The largest absolute Gasteiger partial charge is 0.477 e. The normalized spacial score (nSPS) is 10.6. The lowest BCUT2D eigenvalue weighted by Crippen LogP contribution is -2.21. The molecule has 1 aromatic heterocycles. The van der Waals surface area contributed by atoms with Crippen molar-refractivity contribution in [1.82, 2.24) is 5.32 Å². The van der Waals surface area contributed by atoms with Crippen LogP contribution in [-0.4, -0.2) is 36.8 Å². The van der Waals surface area contributed by atoms with Crippen molar-refractivity contribution in [3.63, 3.8) is 0 Å². The average Bonchev–Trinajstić information content (AvgIpc) is 3.10. The van der Waals surface area contributed by atoms with Crippen molar-refractivity contribution in [3.05, 3.63) is 57.3 Å². The first kappa shape index (κ1) is 19.1. The topological polar surface area (TPSA) is 84.9 Å². The first-order valence-corrected chi connectivity index (χ1v) is 8.76. The lowest BCUT2D eigenvalue weighted by Gasteiger charge is -2.08. The highest BCUT2D eigenvalue weighted by molar-refractivity contribution is 7.15. The van der Waals surface area contributed by atoms with Gasteiger partial charge in [0.05, 0.1) is 24.7 Å². The average molecular weight is 363 g/mol. The number of carboxylic acid groups (broad SMARTS) is 1. The van der Waals surface area contributed by atoms with Gasteiger partial charge in [0.15, 0.2) is 0 Å². The molecule has 0 spiro atoms. The number of thiophene rings is 1. The van der Waals surface area contributed by atoms with Gasteiger partial charge >= 0.3 is 5.97 Å². The molecule has 0 aliphatic carbocycles. The second-order valence-corrected chi connectivity index (χ2v) is 6.30. The molecule has 2 rings (SSSR count). The van der Waals surface area contributed by atoms with Crippen LogP contribution in [-0.2, 0) is 22.6 Å². The third-order valence-corrected chi connectivity index (χ3v) is 4.40. The highest BCUT2D eigenvalue weighted by Crippen LogP contribution is 2.16. The van der Waals surface area contributed by atoms with Gasteiger partial charge in [0, 0.05) is 13.2 Å². The maximum atomic E-state index is 12.1. The minimum absolute atomic E-state index is 0.149. The van der Waals surface area contributed by atoms with Crippen LogP contribution in [0.5, 0.6) is 0 Å². The number of rotatable bonds is 10. The number of carbonyl (C=O) groups is 2. The number of amides is 1. The maximum Gasteiger partial charge on any atom is 0.345 e. The Morgan fingerprint density at radius 1 is 1.08 bits per heavy atom. The van der Waals surface area contributed by atoms with Gasteiger partial charge in [0.25, 0.3) is 5.91 Å². The molecular formula is C18H21NO5S. The molecule has 0 radical (unpaired) electrons. The van der Waals surface area contributed by atoms with Crippen LogP contribution in [0, 0.1) is 0 Å². The van der Waals surface area contributed by atoms with Crippen molar-refractivity contribution in [2.45, 2.75) is 20.1 Å². The number of carbonyl (C=O) groups excluding carboxylic acids is 1. The van der Waals surface area contributed by atoms with Crippen LogP contribution in [0.2, 0.25) is 0 Å². The van der Waals surface area contributed by atoms with Crippen LogP contribution in [0.25, 0.3) is 0 Å². The zero-order chi connectivity index (χ0) is 18.1. The Labute approximate surface area is 150 Å². The Hall–Kier alpha value is -2.22. The molecule has 6 nitrogen and oxygen atoms in total. The fraction of sp³-hybridized carbons (Fsp3) is 0.333. The Morgan fingerprint density at radius 2 is 1.80 bits per heavy atom. The summed E-state index contributed by atoms with van der Waals surface area (Å²) in [6, 6.07) is 10.7. The molecule has 1 amide bonds. The monoisotopic (exact) mass is 363 g/mol. The fourth-order valence-electron chi connectivity index (χ4n) is 2.13. The van der Waals surface area contributed by atoms with Gasteiger partial charge in [-0.25, -0.2) is 4.79 Å². The van der Waals surface area contributed by atoms with Crippen LogP contribution in [0.3, 0.4) is 0 Å². The van der Waals surface area contributed by atoms with Gasteiger partial charge in [-0.05, 0) is 30.2 Å². The summed E-state index contributed by atoms with van der Waals surface area (Å²) in [5.74, 6) is -1.31. The molecule has 0 saturated carbocycles. The Morgan fingerprint density at radius 3 is 2.52 bits per heavy atom. The van der Waals surface area contributed by atoms with E-state index in [1.165, 1.54) is 12.1 Å². The van der Waals surface area contributed by atoms with Crippen LogP contribution < -0.4 is 5.32 Å². The third-order valence-electron chi connectivity index (χ3n) is 3.33. The van der Waals surface area contributed by atoms with E-state index in [0.29, 0.717) is 37.8 Å². The standard InChI is InChI=1S/C18H21NO5S/c1-2-23-8-9-24-12-14-5-3-4-13(10-14)11-19-17(20)15-6-7-16(25-15)18(21)22/h3-7,10H,2,8-9,11-12H2,1H3,(H,19,20)(H,21,22). The molecule has 0 aliphatic rings.